The Morgan fingerprint density at radius 1 is 1.06 bits per heavy atom. The first kappa shape index (κ1) is 12.4. The van der Waals surface area contributed by atoms with E-state index in [9.17, 15) is 17.2 Å². The van der Waals surface area contributed by atoms with Crippen molar-refractivity contribution in [2.24, 2.45) is 0 Å². The van der Waals surface area contributed by atoms with Crippen molar-refractivity contribution >= 4 is 10.3 Å². The van der Waals surface area contributed by atoms with E-state index in [0.717, 1.165) is 16.1 Å². The van der Waals surface area contributed by atoms with Crippen LogP contribution in [-0.2, 0) is 10.3 Å². The zero-order chi connectivity index (χ0) is 13.2. The molecule has 2 aromatic rings. The maximum Gasteiger partial charge on any atom is 0.565 e. The molecular weight excluding hydrogens is 264 g/mol. The summed E-state index contributed by atoms with van der Waals surface area (Å²) in [7, 11) is -4.19. The Kier molecular flexibility index (Phi) is 3.24. The van der Waals surface area contributed by atoms with Gasteiger partial charge < -0.3 is 4.18 Å². The zero-order valence-corrected chi connectivity index (χ0v) is 9.77. The second-order valence-electron chi connectivity index (χ2n) is 3.32. The SMILES string of the molecule is O=S(=O)(Oc1ccc(F)cc1F)[n+]1ccccc1. The molecule has 0 fully saturated rings. The average molecular weight is 272 g/mol. The van der Waals surface area contributed by atoms with E-state index >= 15 is 0 Å². The van der Waals surface area contributed by atoms with E-state index in [-0.39, 0.29) is 0 Å². The molecule has 94 valence electrons. The largest absolute Gasteiger partial charge is 0.565 e. The number of halogens is 2. The van der Waals surface area contributed by atoms with Gasteiger partial charge in [-0.1, -0.05) is 10.0 Å². The van der Waals surface area contributed by atoms with Gasteiger partial charge in [0.1, 0.15) is 5.82 Å². The molecule has 0 unspecified atom stereocenters. The quantitative estimate of drug-likeness (QED) is 0.794. The Labute approximate surface area is 102 Å². The third kappa shape index (κ3) is 2.62. The molecule has 0 aliphatic heterocycles. The summed E-state index contributed by atoms with van der Waals surface area (Å²) in [5.74, 6) is -2.47. The lowest BCUT2D eigenvalue weighted by atomic mass is 10.3. The summed E-state index contributed by atoms with van der Waals surface area (Å²) in [6.07, 6.45) is 2.47. The van der Waals surface area contributed by atoms with Gasteiger partial charge in [-0.3, -0.25) is 0 Å². The molecule has 0 N–H and O–H groups in total. The summed E-state index contributed by atoms with van der Waals surface area (Å²) in [6, 6.07) is 6.92. The molecular formula is C11H8F2NO3S+. The maximum absolute atomic E-state index is 13.3. The number of aromatic nitrogens is 1. The highest BCUT2D eigenvalue weighted by Gasteiger charge is 2.25. The van der Waals surface area contributed by atoms with Gasteiger partial charge in [0.15, 0.2) is 24.0 Å². The minimum absolute atomic E-state index is 0.542. The predicted molar refractivity (Wildman–Crippen MR) is 57.9 cm³/mol. The fourth-order valence-corrected chi connectivity index (χ4v) is 2.12. The molecule has 0 amide bonds. The first-order chi connectivity index (χ1) is 8.49. The number of pyridine rings is 1. The van der Waals surface area contributed by atoms with Gasteiger partial charge >= 0.3 is 10.3 Å². The van der Waals surface area contributed by atoms with Crippen LogP contribution < -0.4 is 8.16 Å². The van der Waals surface area contributed by atoms with Crippen LogP contribution in [0.1, 0.15) is 0 Å². The molecule has 0 bridgehead atoms. The van der Waals surface area contributed by atoms with E-state index in [0.29, 0.717) is 6.07 Å². The fourth-order valence-electron chi connectivity index (χ4n) is 1.23. The number of nitrogens with zero attached hydrogens (tertiary/aromatic N) is 1. The minimum atomic E-state index is -4.19. The van der Waals surface area contributed by atoms with Gasteiger partial charge in [-0.15, -0.1) is 8.42 Å². The topological polar surface area (TPSA) is 47.3 Å². The first-order valence-corrected chi connectivity index (χ1v) is 6.22. The van der Waals surface area contributed by atoms with E-state index in [1.807, 2.05) is 0 Å². The van der Waals surface area contributed by atoms with E-state index in [4.69, 9.17) is 0 Å². The highest BCUT2D eigenvalue weighted by atomic mass is 32.2. The maximum atomic E-state index is 13.3. The van der Waals surface area contributed by atoms with Gasteiger partial charge in [-0.2, -0.15) is 0 Å². The van der Waals surface area contributed by atoms with Crippen LogP contribution in [0.5, 0.6) is 5.75 Å². The molecule has 7 heteroatoms. The second kappa shape index (κ2) is 4.69. The minimum Gasteiger partial charge on any atom is -0.330 e. The Morgan fingerprint density at radius 3 is 2.33 bits per heavy atom. The predicted octanol–water partition coefficient (Wildman–Crippen LogP) is 1.42. The van der Waals surface area contributed by atoms with Crippen LogP contribution in [0.4, 0.5) is 8.78 Å². The van der Waals surface area contributed by atoms with Crippen molar-refractivity contribution in [2.75, 3.05) is 0 Å². The molecule has 0 radical (unpaired) electrons. The second-order valence-corrected chi connectivity index (χ2v) is 4.76. The molecule has 4 nitrogen and oxygen atoms in total. The molecule has 0 spiro atoms. The van der Waals surface area contributed by atoms with Gasteiger partial charge in [0.25, 0.3) is 0 Å². The number of hydrogen-bond acceptors (Lipinski definition) is 3. The molecule has 1 aromatic carbocycles. The monoisotopic (exact) mass is 272 g/mol. The fraction of sp³-hybridized carbons (Fsp3) is 0. The summed E-state index contributed by atoms with van der Waals surface area (Å²) >= 11 is 0. The van der Waals surface area contributed by atoms with Crippen LogP contribution in [0.25, 0.3) is 0 Å². The van der Waals surface area contributed by atoms with Gasteiger partial charge in [0, 0.05) is 18.2 Å². The van der Waals surface area contributed by atoms with E-state index in [1.165, 1.54) is 24.5 Å². The third-order valence-electron chi connectivity index (χ3n) is 2.04. The van der Waals surface area contributed by atoms with Crippen molar-refractivity contribution < 1.29 is 25.4 Å². The lowest BCUT2D eigenvalue weighted by Gasteiger charge is -2.02. The number of rotatable bonds is 3. The molecule has 1 aromatic heterocycles. The van der Waals surface area contributed by atoms with Crippen molar-refractivity contribution in [1.29, 1.82) is 0 Å². The van der Waals surface area contributed by atoms with Gasteiger partial charge in [0.05, 0.1) is 0 Å². The molecule has 0 saturated carbocycles. The first-order valence-electron chi connectivity index (χ1n) is 4.85. The van der Waals surface area contributed by atoms with Crippen LogP contribution in [0, 0.1) is 11.6 Å². The van der Waals surface area contributed by atoms with E-state index in [1.54, 1.807) is 6.07 Å². The summed E-state index contributed by atoms with van der Waals surface area (Å²) < 4.78 is 54.7. The Balaban J connectivity index is 2.34. The van der Waals surface area contributed by atoms with Crippen LogP contribution >= 0.6 is 0 Å². The molecule has 0 saturated heterocycles. The van der Waals surface area contributed by atoms with Gasteiger partial charge in [-0.05, 0) is 12.1 Å². The Hall–Kier alpha value is -2.02. The standard InChI is InChI=1S/C11H8F2NO3S/c12-9-4-5-11(10(13)8-9)17-18(15,16)14-6-2-1-3-7-14/h1-8H/q+1. The summed E-state index contributed by atoms with van der Waals surface area (Å²) in [5, 5.41) is 0. The molecule has 0 aliphatic carbocycles. The molecule has 2 rings (SSSR count). The van der Waals surface area contributed by atoms with Crippen LogP contribution in [0.3, 0.4) is 0 Å². The molecule has 18 heavy (non-hydrogen) atoms. The summed E-state index contributed by atoms with van der Waals surface area (Å²) in [4.78, 5) is 0. The lowest BCUT2D eigenvalue weighted by molar-refractivity contribution is -0.518. The average Bonchev–Trinajstić information content (AvgIpc) is 2.34. The third-order valence-corrected chi connectivity index (χ3v) is 3.19. The van der Waals surface area contributed by atoms with Crippen molar-refractivity contribution in [3.63, 3.8) is 0 Å². The van der Waals surface area contributed by atoms with Crippen LogP contribution in [-0.4, -0.2) is 8.42 Å². The van der Waals surface area contributed by atoms with Crippen molar-refractivity contribution in [3.05, 3.63) is 60.4 Å². The highest BCUT2D eigenvalue weighted by Crippen LogP contribution is 2.18. The lowest BCUT2D eigenvalue weighted by Crippen LogP contribution is -2.45. The smallest absolute Gasteiger partial charge is 0.330 e. The molecule has 0 aliphatic rings. The van der Waals surface area contributed by atoms with E-state index in [2.05, 4.69) is 4.18 Å². The normalized spacial score (nSPS) is 11.2. The van der Waals surface area contributed by atoms with Crippen LogP contribution in [0.2, 0.25) is 0 Å². The highest BCUT2D eigenvalue weighted by molar-refractivity contribution is 7.80. The van der Waals surface area contributed by atoms with Crippen molar-refractivity contribution in [1.82, 2.24) is 0 Å². The molecule has 1 heterocycles. The molecule has 0 atom stereocenters. The Morgan fingerprint density at radius 2 is 1.72 bits per heavy atom. The van der Waals surface area contributed by atoms with Crippen molar-refractivity contribution in [2.45, 2.75) is 0 Å². The summed E-state index contributed by atoms with van der Waals surface area (Å²) in [5.41, 5.74) is 0. The van der Waals surface area contributed by atoms with E-state index < -0.39 is 27.7 Å². The number of hydrogen-bond donors (Lipinski definition) is 0. The van der Waals surface area contributed by atoms with Crippen LogP contribution in [0.15, 0.2) is 48.8 Å². The number of benzene rings is 1. The van der Waals surface area contributed by atoms with Gasteiger partial charge in [-0.25, -0.2) is 8.78 Å². The summed E-state index contributed by atoms with van der Waals surface area (Å²) in [6.45, 7) is 0. The zero-order valence-electron chi connectivity index (χ0n) is 8.95. The Bertz CT molecular complexity index is 659. The van der Waals surface area contributed by atoms with Crippen molar-refractivity contribution in [3.8, 4) is 5.75 Å². The van der Waals surface area contributed by atoms with Gasteiger partial charge in [0.2, 0.25) is 0 Å².